The van der Waals surface area contributed by atoms with Gasteiger partial charge in [-0.3, -0.25) is 0 Å². The molecular formula is C20H16As+. The van der Waals surface area contributed by atoms with Gasteiger partial charge in [0, 0.05) is 0 Å². The van der Waals surface area contributed by atoms with E-state index in [1.807, 2.05) is 0 Å². The number of hydrogen-bond acceptors (Lipinski definition) is 0. The Morgan fingerprint density at radius 2 is 0.905 bits per heavy atom. The van der Waals surface area contributed by atoms with Crippen LogP contribution in [0.4, 0.5) is 0 Å². The van der Waals surface area contributed by atoms with Gasteiger partial charge < -0.3 is 0 Å². The van der Waals surface area contributed by atoms with Gasteiger partial charge in [0.05, 0.1) is 0 Å². The van der Waals surface area contributed by atoms with Crippen LogP contribution < -0.4 is 13.1 Å². The van der Waals surface area contributed by atoms with Gasteiger partial charge in [-0.05, 0) is 0 Å². The van der Waals surface area contributed by atoms with Gasteiger partial charge in [-0.2, -0.15) is 0 Å². The van der Waals surface area contributed by atoms with Crippen LogP contribution in [-0.4, -0.2) is 13.6 Å². The van der Waals surface area contributed by atoms with E-state index in [0.717, 1.165) is 0 Å². The molecule has 0 radical (unpaired) electrons. The molecule has 0 aromatic heterocycles. The second-order valence-corrected chi connectivity index (χ2v) is 13.4. The first-order valence-corrected chi connectivity index (χ1v) is 12.2. The molecule has 3 aliphatic heterocycles. The molecule has 0 amide bonds. The summed E-state index contributed by atoms with van der Waals surface area (Å²) in [4.78, 5) is 0. The molecule has 100 valence electrons. The molecule has 6 rings (SSSR count). The SMILES string of the molecule is C[As+]12c3ccccc3C(c3ccccc31)c1ccccc12. The minimum atomic E-state index is -2.23. The van der Waals surface area contributed by atoms with Crippen LogP contribution >= 0.6 is 0 Å². The predicted octanol–water partition coefficient (Wildman–Crippen LogP) is 2.59. The maximum atomic E-state index is 2.56. The zero-order valence-electron chi connectivity index (χ0n) is 12.0. The van der Waals surface area contributed by atoms with Crippen molar-refractivity contribution in [3.05, 3.63) is 89.5 Å². The number of hydrogen-bond donors (Lipinski definition) is 0. The quantitative estimate of drug-likeness (QED) is 0.556. The van der Waals surface area contributed by atoms with Gasteiger partial charge in [-0.15, -0.1) is 0 Å². The van der Waals surface area contributed by atoms with E-state index in [0.29, 0.717) is 5.92 Å². The molecule has 21 heavy (non-hydrogen) atoms. The van der Waals surface area contributed by atoms with E-state index in [4.69, 9.17) is 0 Å². The fourth-order valence-electron chi connectivity index (χ4n) is 4.31. The average Bonchev–Trinajstić information content (AvgIpc) is 2.56. The van der Waals surface area contributed by atoms with Crippen molar-refractivity contribution in [2.45, 2.75) is 11.6 Å². The molecule has 0 N–H and O–H groups in total. The van der Waals surface area contributed by atoms with Crippen LogP contribution in [0.25, 0.3) is 0 Å². The van der Waals surface area contributed by atoms with Gasteiger partial charge in [-0.25, -0.2) is 0 Å². The van der Waals surface area contributed by atoms with Gasteiger partial charge in [0.1, 0.15) is 0 Å². The zero-order valence-corrected chi connectivity index (χ0v) is 13.8. The molecule has 3 aromatic carbocycles. The Hall–Kier alpha value is -1.78. The predicted molar refractivity (Wildman–Crippen MR) is 90.8 cm³/mol. The van der Waals surface area contributed by atoms with E-state index >= 15 is 0 Å². The van der Waals surface area contributed by atoms with Crippen LogP contribution in [0.3, 0.4) is 0 Å². The van der Waals surface area contributed by atoms with Crippen LogP contribution in [-0.2, 0) is 0 Å². The second-order valence-electron chi connectivity index (χ2n) is 6.12. The van der Waals surface area contributed by atoms with Crippen molar-refractivity contribution in [2.24, 2.45) is 0 Å². The molecule has 0 unspecified atom stereocenters. The summed E-state index contributed by atoms with van der Waals surface area (Å²) in [5.41, 5.74) is 7.24. The molecule has 0 nitrogen and oxygen atoms in total. The van der Waals surface area contributed by atoms with Gasteiger partial charge in [-0.1, -0.05) is 0 Å². The Morgan fingerprint density at radius 1 is 0.571 bits per heavy atom. The number of benzene rings is 3. The van der Waals surface area contributed by atoms with Crippen molar-refractivity contribution in [3.63, 3.8) is 0 Å². The second kappa shape index (κ2) is 3.90. The summed E-state index contributed by atoms with van der Waals surface area (Å²) < 4.78 is 4.95. The molecule has 0 spiro atoms. The Kier molecular flexibility index (Phi) is 2.20. The Balaban J connectivity index is 2.00. The van der Waals surface area contributed by atoms with E-state index < -0.39 is 13.6 Å². The molecule has 0 aliphatic carbocycles. The van der Waals surface area contributed by atoms with Gasteiger partial charge in [0.25, 0.3) is 0 Å². The van der Waals surface area contributed by atoms with Gasteiger partial charge >= 0.3 is 128 Å². The van der Waals surface area contributed by atoms with E-state index in [9.17, 15) is 0 Å². The first kappa shape index (κ1) is 11.8. The molecule has 0 atom stereocenters. The third kappa shape index (κ3) is 1.28. The van der Waals surface area contributed by atoms with Crippen LogP contribution in [0.15, 0.2) is 72.8 Å². The minimum absolute atomic E-state index is 0.442. The zero-order chi connectivity index (χ0) is 14.0. The molecule has 0 fully saturated rings. The molecular weight excluding hydrogens is 315 g/mol. The fourth-order valence-corrected chi connectivity index (χ4v) is 12.9. The normalized spacial score (nSPS) is 24.1. The van der Waals surface area contributed by atoms with Crippen molar-refractivity contribution < 1.29 is 0 Å². The first-order chi connectivity index (χ1) is 10.3. The monoisotopic (exact) mass is 331 g/mol. The molecule has 3 aliphatic rings. The van der Waals surface area contributed by atoms with E-state index in [1.54, 1.807) is 29.7 Å². The van der Waals surface area contributed by atoms with Crippen molar-refractivity contribution in [1.82, 2.24) is 0 Å². The van der Waals surface area contributed by atoms with Crippen LogP contribution in [0.1, 0.15) is 22.6 Å². The van der Waals surface area contributed by atoms with Crippen molar-refractivity contribution in [2.75, 3.05) is 0 Å². The number of rotatable bonds is 0. The van der Waals surface area contributed by atoms with Crippen LogP contribution in [0.5, 0.6) is 0 Å². The third-order valence-electron chi connectivity index (χ3n) is 5.19. The molecule has 3 aromatic rings. The summed E-state index contributed by atoms with van der Waals surface area (Å²) in [6.07, 6.45) is 0. The Morgan fingerprint density at radius 3 is 1.29 bits per heavy atom. The third-order valence-corrected chi connectivity index (χ3v) is 13.8. The topological polar surface area (TPSA) is 0 Å². The molecule has 3 heterocycles. The summed E-state index contributed by atoms with van der Waals surface area (Å²) in [6.45, 7) is 0. The van der Waals surface area contributed by atoms with Crippen molar-refractivity contribution >= 4 is 26.6 Å². The average molecular weight is 331 g/mol. The molecule has 0 saturated heterocycles. The molecule has 2 bridgehead atoms. The van der Waals surface area contributed by atoms with Crippen LogP contribution in [0, 0.1) is 0 Å². The van der Waals surface area contributed by atoms with Crippen molar-refractivity contribution in [1.29, 1.82) is 0 Å². The van der Waals surface area contributed by atoms with Gasteiger partial charge in [0.15, 0.2) is 0 Å². The Labute approximate surface area is 127 Å². The summed E-state index contributed by atoms with van der Waals surface area (Å²) in [5.74, 6) is 0.442. The molecule has 0 saturated carbocycles. The van der Waals surface area contributed by atoms with E-state index in [-0.39, 0.29) is 0 Å². The van der Waals surface area contributed by atoms with Crippen molar-refractivity contribution in [3.8, 4) is 0 Å². The standard InChI is InChI=1S/C20H16As/c1-21-17-11-5-2-8-14(17)20(15-9-3-6-12-18(15)21)16-10-4-7-13-19(16)21/h2-13,20H,1H3/q+1. The summed E-state index contributed by atoms with van der Waals surface area (Å²) in [6, 6.07) is 27.5. The van der Waals surface area contributed by atoms with E-state index in [1.165, 1.54) is 0 Å². The molecule has 1 heteroatoms. The fraction of sp³-hybridized carbons (Fsp3) is 0.100. The van der Waals surface area contributed by atoms with Crippen LogP contribution in [0.2, 0.25) is 5.71 Å². The first-order valence-electron chi connectivity index (χ1n) is 7.47. The summed E-state index contributed by atoms with van der Waals surface area (Å²) in [7, 11) is 0. The van der Waals surface area contributed by atoms with Gasteiger partial charge in [0.2, 0.25) is 0 Å². The Bertz CT molecular complexity index is 763. The van der Waals surface area contributed by atoms with E-state index in [2.05, 4.69) is 78.5 Å². The maximum absolute atomic E-state index is 2.56. The summed E-state index contributed by atoms with van der Waals surface area (Å²) >= 11 is -2.23. The summed E-state index contributed by atoms with van der Waals surface area (Å²) in [5, 5.41) is 0.